The molecule has 1 amide bonds. The first-order valence-electron chi connectivity index (χ1n) is 4.00. The number of amides is 1. The molecule has 0 aromatic heterocycles. The summed E-state index contributed by atoms with van der Waals surface area (Å²) in [6, 6.07) is 1.86. The molecule has 0 aliphatic carbocycles. The summed E-state index contributed by atoms with van der Waals surface area (Å²) in [6.07, 6.45) is -5.02. The Morgan fingerprint density at radius 3 is 2.29 bits per heavy atom. The first-order valence-corrected chi connectivity index (χ1v) is 5.08. The van der Waals surface area contributed by atoms with Crippen LogP contribution in [0.4, 0.5) is 18.9 Å². The zero-order valence-electron chi connectivity index (χ0n) is 7.92. The number of primary amides is 1. The van der Waals surface area contributed by atoms with Crippen molar-refractivity contribution in [2.24, 2.45) is 5.73 Å². The zero-order chi connectivity index (χ0) is 13.4. The Bertz CT molecular complexity index is 502. The molecule has 0 fully saturated rings. The summed E-state index contributed by atoms with van der Waals surface area (Å²) in [5.74, 6) is -1.36. The van der Waals surface area contributed by atoms with Crippen LogP contribution in [-0.2, 0) is 6.18 Å². The molecule has 0 saturated carbocycles. The van der Waals surface area contributed by atoms with Crippen molar-refractivity contribution in [3.05, 3.63) is 36.9 Å². The van der Waals surface area contributed by atoms with Crippen molar-refractivity contribution in [1.82, 2.24) is 0 Å². The fraction of sp³-hybridized carbons (Fsp3) is 0.125. The predicted octanol–water partition coefficient (Wildman–Crippen LogP) is 2.32. The number of hydrogen-bond donors (Lipinski definition) is 1. The van der Waals surface area contributed by atoms with Gasteiger partial charge in [0.05, 0.1) is 14.1 Å². The molecule has 0 radical (unpaired) electrons. The van der Waals surface area contributed by atoms with E-state index in [1.165, 1.54) is 22.6 Å². The van der Waals surface area contributed by atoms with Gasteiger partial charge in [0.2, 0.25) is 5.91 Å². The third kappa shape index (κ3) is 2.65. The molecule has 0 saturated heterocycles. The number of nitrogens with two attached hydrogens (primary N) is 1. The van der Waals surface area contributed by atoms with Gasteiger partial charge in [-0.25, -0.2) is 0 Å². The number of carbonyl (C=O) groups is 1. The van der Waals surface area contributed by atoms with Crippen LogP contribution in [0.5, 0.6) is 0 Å². The molecule has 0 heterocycles. The number of carbonyl (C=O) groups excluding carboxylic acids is 1. The third-order valence-electron chi connectivity index (χ3n) is 1.86. The van der Waals surface area contributed by atoms with Crippen molar-refractivity contribution in [3.63, 3.8) is 0 Å². The minimum Gasteiger partial charge on any atom is -0.366 e. The van der Waals surface area contributed by atoms with Gasteiger partial charge in [0, 0.05) is 0 Å². The van der Waals surface area contributed by atoms with Crippen molar-refractivity contribution in [1.29, 1.82) is 0 Å². The van der Waals surface area contributed by atoms with Gasteiger partial charge in [-0.05, 0) is 34.7 Å². The van der Waals surface area contributed by atoms with Crippen molar-refractivity contribution >= 4 is 34.2 Å². The molecule has 0 bridgehead atoms. The van der Waals surface area contributed by atoms with Crippen LogP contribution in [0, 0.1) is 13.7 Å². The maximum absolute atomic E-state index is 12.7. The number of halogens is 4. The van der Waals surface area contributed by atoms with Crippen molar-refractivity contribution in [2.45, 2.75) is 6.18 Å². The first-order chi connectivity index (χ1) is 7.66. The molecular formula is C8H4F3IN2O3. The Balaban J connectivity index is 3.75. The Morgan fingerprint density at radius 1 is 1.41 bits per heavy atom. The Morgan fingerprint density at radius 2 is 1.94 bits per heavy atom. The molecule has 0 unspecified atom stereocenters. The van der Waals surface area contributed by atoms with E-state index in [-0.39, 0.29) is 3.57 Å². The number of rotatable bonds is 2. The summed E-state index contributed by atoms with van der Waals surface area (Å²) >= 11 is 1.39. The van der Waals surface area contributed by atoms with Gasteiger partial charge >= 0.3 is 6.18 Å². The number of hydrogen-bond acceptors (Lipinski definition) is 3. The molecule has 2 N–H and O–H groups in total. The molecule has 92 valence electrons. The van der Waals surface area contributed by atoms with E-state index in [4.69, 9.17) is 5.73 Å². The quantitative estimate of drug-likeness (QED) is 0.499. The van der Waals surface area contributed by atoms with Gasteiger partial charge in [-0.3, -0.25) is 14.9 Å². The van der Waals surface area contributed by atoms with E-state index in [9.17, 15) is 28.1 Å². The smallest absolute Gasteiger partial charge is 0.366 e. The van der Waals surface area contributed by atoms with Crippen LogP contribution >= 0.6 is 22.6 Å². The fourth-order valence-corrected chi connectivity index (χ4v) is 1.88. The van der Waals surface area contributed by atoms with Crippen LogP contribution in [-0.4, -0.2) is 10.8 Å². The van der Waals surface area contributed by atoms with E-state index in [2.05, 4.69) is 0 Å². The standard InChI is InChI=1S/C8H4F3IN2O3/c9-8(10,11)5-3(7(13)15)1-2-4(12)6(5)14(16)17/h1-2H,(H2,13,15). The molecule has 0 aliphatic rings. The fourth-order valence-electron chi connectivity index (χ4n) is 1.24. The van der Waals surface area contributed by atoms with Gasteiger partial charge < -0.3 is 5.73 Å². The summed E-state index contributed by atoms with van der Waals surface area (Å²) in [4.78, 5) is 20.3. The molecule has 17 heavy (non-hydrogen) atoms. The molecule has 0 atom stereocenters. The minimum absolute atomic E-state index is 0.218. The minimum atomic E-state index is -5.02. The van der Waals surface area contributed by atoms with Gasteiger partial charge in [0.15, 0.2) is 0 Å². The van der Waals surface area contributed by atoms with Crippen molar-refractivity contribution in [3.8, 4) is 0 Å². The van der Waals surface area contributed by atoms with Crippen LogP contribution in [0.3, 0.4) is 0 Å². The van der Waals surface area contributed by atoms with E-state index in [1.54, 1.807) is 0 Å². The summed E-state index contributed by atoms with van der Waals surface area (Å²) in [5.41, 5.74) is 1.09. The number of nitrogens with zero attached hydrogens (tertiary/aromatic N) is 1. The van der Waals surface area contributed by atoms with Crippen LogP contribution in [0.1, 0.15) is 15.9 Å². The highest BCUT2D eigenvalue weighted by atomic mass is 127. The van der Waals surface area contributed by atoms with Crippen molar-refractivity contribution in [2.75, 3.05) is 0 Å². The van der Waals surface area contributed by atoms with Crippen LogP contribution in [0.15, 0.2) is 12.1 Å². The summed E-state index contributed by atoms with van der Waals surface area (Å²) in [5, 5.41) is 10.6. The lowest BCUT2D eigenvalue weighted by Gasteiger charge is -2.11. The predicted molar refractivity (Wildman–Crippen MR) is 59.3 cm³/mol. The van der Waals surface area contributed by atoms with E-state index >= 15 is 0 Å². The summed E-state index contributed by atoms with van der Waals surface area (Å²) < 4.78 is 37.9. The van der Waals surface area contributed by atoms with Crippen molar-refractivity contribution < 1.29 is 22.9 Å². The molecular weight excluding hydrogens is 356 g/mol. The molecule has 1 aromatic carbocycles. The average Bonchev–Trinajstić information content (AvgIpc) is 2.14. The van der Waals surface area contributed by atoms with Gasteiger partial charge in [0.1, 0.15) is 5.56 Å². The maximum atomic E-state index is 12.7. The maximum Gasteiger partial charge on any atom is 0.423 e. The zero-order valence-corrected chi connectivity index (χ0v) is 10.1. The average molecular weight is 360 g/mol. The lowest BCUT2D eigenvalue weighted by molar-refractivity contribution is -0.389. The van der Waals surface area contributed by atoms with Gasteiger partial charge in [-0.1, -0.05) is 0 Å². The summed E-state index contributed by atoms with van der Waals surface area (Å²) in [7, 11) is 0. The summed E-state index contributed by atoms with van der Waals surface area (Å²) in [6.45, 7) is 0. The number of nitro benzene ring substituents is 1. The highest BCUT2D eigenvalue weighted by molar-refractivity contribution is 14.1. The Kier molecular flexibility index (Phi) is 3.59. The van der Waals surface area contributed by atoms with E-state index in [0.29, 0.717) is 0 Å². The Labute approximate surface area is 106 Å². The van der Waals surface area contributed by atoms with Gasteiger partial charge in [-0.2, -0.15) is 13.2 Å². The molecule has 5 nitrogen and oxygen atoms in total. The van der Waals surface area contributed by atoms with Crippen LogP contribution in [0.25, 0.3) is 0 Å². The first kappa shape index (κ1) is 13.7. The monoisotopic (exact) mass is 360 g/mol. The van der Waals surface area contributed by atoms with Crippen LogP contribution < -0.4 is 5.73 Å². The largest absolute Gasteiger partial charge is 0.423 e. The molecule has 0 aliphatic heterocycles. The molecule has 1 aromatic rings. The van der Waals surface area contributed by atoms with E-state index < -0.39 is 33.8 Å². The molecule has 0 spiro atoms. The SMILES string of the molecule is NC(=O)c1ccc(I)c([N+](=O)[O-])c1C(F)(F)F. The van der Waals surface area contributed by atoms with Crippen LogP contribution in [0.2, 0.25) is 0 Å². The van der Waals surface area contributed by atoms with Gasteiger partial charge in [0.25, 0.3) is 5.69 Å². The highest BCUT2D eigenvalue weighted by Crippen LogP contribution is 2.40. The number of nitro groups is 1. The van der Waals surface area contributed by atoms with E-state index in [0.717, 1.165) is 12.1 Å². The second kappa shape index (κ2) is 4.47. The third-order valence-corrected chi connectivity index (χ3v) is 2.73. The molecule has 9 heteroatoms. The highest BCUT2D eigenvalue weighted by Gasteiger charge is 2.43. The number of alkyl halides is 3. The lowest BCUT2D eigenvalue weighted by Crippen LogP contribution is -2.21. The topological polar surface area (TPSA) is 86.2 Å². The normalized spacial score (nSPS) is 11.3. The molecule has 1 rings (SSSR count). The van der Waals surface area contributed by atoms with E-state index in [1.807, 2.05) is 0 Å². The second-order valence-electron chi connectivity index (χ2n) is 2.94. The Hall–Kier alpha value is -1.39. The van der Waals surface area contributed by atoms with Gasteiger partial charge in [-0.15, -0.1) is 0 Å². The second-order valence-corrected chi connectivity index (χ2v) is 4.10. The lowest BCUT2D eigenvalue weighted by atomic mass is 10.0. The number of benzene rings is 1.